The van der Waals surface area contributed by atoms with Crippen LogP contribution in [-0.2, 0) is 0 Å². The summed E-state index contributed by atoms with van der Waals surface area (Å²) in [5.41, 5.74) is 4.71. The number of fused-ring (bicyclic) bond motifs is 1. The second-order valence-electron chi connectivity index (χ2n) is 4.83. The summed E-state index contributed by atoms with van der Waals surface area (Å²) in [4.78, 5) is 4.18. The van der Waals surface area contributed by atoms with Gasteiger partial charge in [0.15, 0.2) is 0 Å². The van der Waals surface area contributed by atoms with E-state index in [1.807, 2.05) is 28.9 Å². The van der Waals surface area contributed by atoms with Gasteiger partial charge in [-0.3, -0.25) is 5.10 Å². The molecule has 4 nitrogen and oxygen atoms in total. The summed E-state index contributed by atoms with van der Waals surface area (Å²) in [5, 5.41) is 6.81. The van der Waals surface area contributed by atoms with Gasteiger partial charge >= 0.3 is 0 Å². The lowest BCUT2D eigenvalue weighted by Crippen LogP contribution is -1.89. The Kier molecular flexibility index (Phi) is 2.57. The number of aromatic amines is 1. The van der Waals surface area contributed by atoms with E-state index in [1.54, 1.807) is 24.8 Å². The molecule has 1 aromatic carbocycles. The van der Waals surface area contributed by atoms with Gasteiger partial charge in [0.25, 0.3) is 0 Å². The fourth-order valence-electron chi connectivity index (χ4n) is 2.49. The van der Waals surface area contributed by atoms with Crippen molar-refractivity contribution in [2.24, 2.45) is 0 Å². The molecule has 0 saturated carbocycles. The molecule has 0 aliphatic carbocycles. The Labute approximate surface area is 119 Å². The van der Waals surface area contributed by atoms with Crippen molar-refractivity contribution in [2.75, 3.05) is 0 Å². The van der Waals surface area contributed by atoms with Gasteiger partial charge in [-0.2, -0.15) is 5.10 Å². The fraction of sp³-hybridized carbons (Fsp3) is 0. The molecule has 0 atom stereocenters. The molecule has 21 heavy (non-hydrogen) atoms. The van der Waals surface area contributed by atoms with Gasteiger partial charge < -0.3 is 4.40 Å². The Bertz CT molecular complexity index is 909. The Hall–Kier alpha value is -2.95. The third-order valence-corrected chi connectivity index (χ3v) is 3.49. The highest BCUT2D eigenvalue weighted by Crippen LogP contribution is 2.29. The van der Waals surface area contributed by atoms with Crippen LogP contribution in [0.15, 0.2) is 61.4 Å². The molecular weight excluding hydrogens is 267 g/mol. The van der Waals surface area contributed by atoms with Crippen LogP contribution in [0.2, 0.25) is 0 Å². The van der Waals surface area contributed by atoms with Crippen molar-refractivity contribution in [3.8, 4) is 22.3 Å². The number of hydrogen-bond acceptors (Lipinski definition) is 2. The third kappa shape index (κ3) is 1.99. The number of pyridine rings is 1. The first kappa shape index (κ1) is 11.8. The van der Waals surface area contributed by atoms with Gasteiger partial charge in [0.1, 0.15) is 5.82 Å². The van der Waals surface area contributed by atoms with Crippen LogP contribution in [0.3, 0.4) is 0 Å². The zero-order chi connectivity index (χ0) is 14.2. The lowest BCUT2D eigenvalue weighted by atomic mass is 10.0. The van der Waals surface area contributed by atoms with E-state index >= 15 is 0 Å². The monoisotopic (exact) mass is 278 g/mol. The van der Waals surface area contributed by atoms with Crippen molar-refractivity contribution in [1.29, 1.82) is 0 Å². The molecule has 0 radical (unpaired) electrons. The molecule has 4 aromatic rings. The molecule has 1 N–H and O–H groups in total. The Morgan fingerprint density at radius 3 is 2.81 bits per heavy atom. The smallest absolute Gasteiger partial charge is 0.123 e. The number of imidazole rings is 1. The minimum absolute atomic E-state index is 0.247. The number of nitrogens with one attached hydrogen (secondary N) is 1. The van der Waals surface area contributed by atoms with E-state index in [0.717, 1.165) is 27.8 Å². The number of hydrogen-bond donors (Lipinski definition) is 1. The zero-order valence-electron chi connectivity index (χ0n) is 11.0. The molecule has 0 saturated heterocycles. The second kappa shape index (κ2) is 4.56. The molecule has 0 unspecified atom stereocenters. The summed E-state index contributed by atoms with van der Waals surface area (Å²) >= 11 is 0. The van der Waals surface area contributed by atoms with E-state index in [9.17, 15) is 4.39 Å². The van der Waals surface area contributed by atoms with Gasteiger partial charge in [0.2, 0.25) is 0 Å². The maximum atomic E-state index is 13.4. The molecular formula is C16H11FN4. The molecule has 0 spiro atoms. The highest BCUT2D eigenvalue weighted by molar-refractivity contribution is 5.83. The number of benzene rings is 1. The Balaban J connectivity index is 1.99. The van der Waals surface area contributed by atoms with Crippen LogP contribution >= 0.6 is 0 Å². The van der Waals surface area contributed by atoms with Crippen LogP contribution in [0.5, 0.6) is 0 Å². The first-order chi connectivity index (χ1) is 10.3. The van der Waals surface area contributed by atoms with Gasteiger partial charge in [-0.15, -0.1) is 0 Å². The normalized spacial score (nSPS) is 11.1. The van der Waals surface area contributed by atoms with Crippen LogP contribution in [0.4, 0.5) is 4.39 Å². The highest BCUT2D eigenvalue weighted by Gasteiger charge is 2.09. The van der Waals surface area contributed by atoms with Crippen molar-refractivity contribution in [1.82, 2.24) is 19.6 Å². The van der Waals surface area contributed by atoms with Crippen molar-refractivity contribution >= 4 is 5.52 Å². The second-order valence-corrected chi connectivity index (χ2v) is 4.83. The molecule has 5 heteroatoms. The topological polar surface area (TPSA) is 46.0 Å². The van der Waals surface area contributed by atoms with Crippen molar-refractivity contribution in [3.63, 3.8) is 0 Å². The summed E-state index contributed by atoms with van der Waals surface area (Å²) in [6.45, 7) is 0. The SMILES string of the molecule is Fc1cccc(-c2cc(-c3cn[nH]c3)c3cncn3c2)c1. The maximum Gasteiger partial charge on any atom is 0.123 e. The Morgan fingerprint density at radius 1 is 1.05 bits per heavy atom. The molecule has 0 fully saturated rings. The van der Waals surface area contributed by atoms with Crippen LogP contribution < -0.4 is 0 Å². The van der Waals surface area contributed by atoms with Gasteiger partial charge in [0.05, 0.1) is 24.2 Å². The fourth-order valence-corrected chi connectivity index (χ4v) is 2.49. The number of H-pyrrole nitrogens is 1. The molecule has 3 heterocycles. The number of rotatable bonds is 2. The maximum absolute atomic E-state index is 13.4. The van der Waals surface area contributed by atoms with Crippen molar-refractivity contribution in [2.45, 2.75) is 0 Å². The first-order valence-corrected chi connectivity index (χ1v) is 6.52. The third-order valence-electron chi connectivity index (χ3n) is 3.49. The van der Waals surface area contributed by atoms with Crippen molar-refractivity contribution in [3.05, 3.63) is 67.3 Å². The van der Waals surface area contributed by atoms with Crippen LogP contribution in [0, 0.1) is 5.82 Å². The quantitative estimate of drug-likeness (QED) is 0.609. The summed E-state index contributed by atoms with van der Waals surface area (Å²) in [6, 6.07) is 8.59. The van der Waals surface area contributed by atoms with Crippen molar-refractivity contribution < 1.29 is 4.39 Å². The van der Waals surface area contributed by atoms with E-state index in [2.05, 4.69) is 15.2 Å². The largest absolute Gasteiger partial charge is 0.305 e. The Morgan fingerprint density at radius 2 is 2.00 bits per heavy atom. The minimum atomic E-state index is -0.247. The van der Waals surface area contributed by atoms with E-state index in [-0.39, 0.29) is 5.82 Å². The zero-order valence-corrected chi connectivity index (χ0v) is 11.0. The molecule has 102 valence electrons. The van der Waals surface area contributed by atoms with E-state index in [1.165, 1.54) is 12.1 Å². The standard InChI is InChI=1S/C16H11FN4/c17-14-3-1-2-11(4-14)12-5-15(13-6-19-20-7-13)16-8-18-10-21(16)9-12/h1-10H,(H,19,20). The van der Waals surface area contributed by atoms with E-state index in [0.29, 0.717) is 0 Å². The molecule has 0 aliphatic rings. The summed E-state index contributed by atoms with van der Waals surface area (Å²) in [6.07, 6.45) is 9.08. The predicted octanol–water partition coefficient (Wildman–Crippen LogP) is 3.53. The van der Waals surface area contributed by atoms with E-state index in [4.69, 9.17) is 0 Å². The van der Waals surface area contributed by atoms with Gasteiger partial charge in [-0.1, -0.05) is 12.1 Å². The molecule has 0 bridgehead atoms. The number of aromatic nitrogens is 4. The van der Waals surface area contributed by atoms with Crippen LogP contribution in [-0.4, -0.2) is 19.6 Å². The van der Waals surface area contributed by atoms with Gasteiger partial charge in [0, 0.05) is 23.5 Å². The lowest BCUT2D eigenvalue weighted by Gasteiger charge is -2.08. The molecule has 0 aliphatic heterocycles. The predicted molar refractivity (Wildman–Crippen MR) is 78.2 cm³/mol. The average molecular weight is 278 g/mol. The lowest BCUT2D eigenvalue weighted by molar-refractivity contribution is 0.628. The van der Waals surface area contributed by atoms with E-state index < -0.39 is 0 Å². The van der Waals surface area contributed by atoms with Crippen LogP contribution in [0.25, 0.3) is 27.8 Å². The van der Waals surface area contributed by atoms with Gasteiger partial charge in [-0.05, 0) is 29.3 Å². The number of nitrogens with zero attached hydrogens (tertiary/aromatic N) is 3. The molecule has 3 aromatic heterocycles. The minimum Gasteiger partial charge on any atom is -0.305 e. The van der Waals surface area contributed by atoms with Crippen LogP contribution in [0.1, 0.15) is 0 Å². The van der Waals surface area contributed by atoms with Gasteiger partial charge in [-0.25, -0.2) is 9.37 Å². The highest BCUT2D eigenvalue weighted by atomic mass is 19.1. The molecule has 0 amide bonds. The summed E-state index contributed by atoms with van der Waals surface area (Å²) < 4.78 is 15.4. The summed E-state index contributed by atoms with van der Waals surface area (Å²) in [5.74, 6) is -0.247. The number of halogens is 1. The first-order valence-electron chi connectivity index (χ1n) is 6.52. The molecule has 4 rings (SSSR count). The summed E-state index contributed by atoms with van der Waals surface area (Å²) in [7, 11) is 0. The average Bonchev–Trinajstić information content (AvgIpc) is 3.17.